The third-order valence-corrected chi connectivity index (χ3v) is 2.17. The molecule has 1 saturated heterocycles. The Morgan fingerprint density at radius 1 is 1.38 bits per heavy atom. The van der Waals surface area contributed by atoms with Crippen molar-refractivity contribution >= 4 is 5.97 Å². The van der Waals surface area contributed by atoms with E-state index in [1.54, 1.807) is 12.4 Å². The number of esters is 1. The highest BCUT2D eigenvalue weighted by Crippen LogP contribution is 2.39. The minimum Gasteiger partial charge on any atom is -0.458 e. The molecular weight excluding hydrogens is 206 g/mol. The van der Waals surface area contributed by atoms with E-state index in [1.807, 2.05) is 32.9 Å². The zero-order chi connectivity index (χ0) is 11.8. The van der Waals surface area contributed by atoms with Crippen molar-refractivity contribution in [3.8, 4) is 0 Å². The van der Waals surface area contributed by atoms with Gasteiger partial charge in [0.25, 0.3) is 0 Å². The maximum Gasteiger partial charge on any atom is 0.338 e. The molecule has 1 aromatic rings. The summed E-state index contributed by atoms with van der Waals surface area (Å²) in [4.78, 5) is 15.6. The number of aromatic nitrogens is 1. The lowest BCUT2D eigenvalue weighted by Crippen LogP contribution is -2.26. The van der Waals surface area contributed by atoms with Gasteiger partial charge in [-0.2, -0.15) is 0 Å². The number of epoxide rings is 1. The number of nitrogens with zero attached hydrogens (tertiary/aromatic N) is 1. The van der Waals surface area contributed by atoms with E-state index in [9.17, 15) is 4.79 Å². The first-order chi connectivity index (χ1) is 7.47. The molecule has 0 aliphatic carbocycles. The van der Waals surface area contributed by atoms with Crippen molar-refractivity contribution in [2.75, 3.05) is 0 Å². The summed E-state index contributed by atoms with van der Waals surface area (Å²) < 4.78 is 10.5. The predicted molar refractivity (Wildman–Crippen MR) is 57.7 cm³/mol. The fourth-order valence-electron chi connectivity index (χ4n) is 1.46. The van der Waals surface area contributed by atoms with E-state index in [0.717, 1.165) is 5.56 Å². The summed E-state index contributed by atoms with van der Waals surface area (Å²) >= 11 is 0. The van der Waals surface area contributed by atoms with E-state index >= 15 is 0 Å². The van der Waals surface area contributed by atoms with Crippen molar-refractivity contribution in [3.63, 3.8) is 0 Å². The lowest BCUT2D eigenvalue weighted by atomic mass is 10.1. The Labute approximate surface area is 94.6 Å². The largest absolute Gasteiger partial charge is 0.458 e. The summed E-state index contributed by atoms with van der Waals surface area (Å²) in [6, 6.07) is 3.68. The molecular formula is C12H15NO3. The molecule has 0 aromatic carbocycles. The fraction of sp³-hybridized carbons (Fsp3) is 0.500. The van der Waals surface area contributed by atoms with Crippen LogP contribution < -0.4 is 0 Å². The van der Waals surface area contributed by atoms with E-state index in [0.29, 0.717) is 0 Å². The first-order valence-corrected chi connectivity index (χ1v) is 5.25. The summed E-state index contributed by atoms with van der Waals surface area (Å²) in [7, 11) is 0. The van der Waals surface area contributed by atoms with Gasteiger partial charge >= 0.3 is 5.97 Å². The molecule has 2 rings (SSSR count). The van der Waals surface area contributed by atoms with Crippen LogP contribution in [0.1, 0.15) is 32.4 Å². The van der Waals surface area contributed by atoms with E-state index in [4.69, 9.17) is 9.47 Å². The van der Waals surface area contributed by atoms with Crippen LogP contribution in [0.15, 0.2) is 24.5 Å². The molecule has 4 heteroatoms. The van der Waals surface area contributed by atoms with E-state index in [-0.39, 0.29) is 12.1 Å². The lowest BCUT2D eigenvalue weighted by Gasteiger charge is -2.18. The van der Waals surface area contributed by atoms with Gasteiger partial charge in [0, 0.05) is 12.4 Å². The Morgan fingerprint density at radius 3 is 2.56 bits per heavy atom. The van der Waals surface area contributed by atoms with Crippen molar-refractivity contribution in [3.05, 3.63) is 30.1 Å². The summed E-state index contributed by atoms with van der Waals surface area (Å²) in [5, 5.41) is 0. The van der Waals surface area contributed by atoms with Crippen LogP contribution in [0.4, 0.5) is 0 Å². The van der Waals surface area contributed by atoms with Crippen LogP contribution in [0.5, 0.6) is 0 Å². The number of rotatable bonds is 2. The van der Waals surface area contributed by atoms with Crippen molar-refractivity contribution in [1.82, 2.24) is 4.98 Å². The third-order valence-electron chi connectivity index (χ3n) is 2.17. The highest BCUT2D eigenvalue weighted by Gasteiger charge is 2.48. The monoisotopic (exact) mass is 221 g/mol. The van der Waals surface area contributed by atoms with Gasteiger partial charge in [-0.1, -0.05) is 0 Å². The smallest absolute Gasteiger partial charge is 0.338 e. The quantitative estimate of drug-likeness (QED) is 0.565. The molecule has 2 atom stereocenters. The fourth-order valence-corrected chi connectivity index (χ4v) is 1.46. The van der Waals surface area contributed by atoms with Crippen LogP contribution in [0, 0.1) is 0 Å². The third kappa shape index (κ3) is 2.58. The van der Waals surface area contributed by atoms with Gasteiger partial charge in [-0.15, -0.1) is 0 Å². The molecule has 0 unspecified atom stereocenters. The molecule has 16 heavy (non-hydrogen) atoms. The number of pyridine rings is 1. The first-order valence-electron chi connectivity index (χ1n) is 5.25. The normalized spacial score (nSPS) is 23.9. The van der Waals surface area contributed by atoms with Gasteiger partial charge in [0.2, 0.25) is 0 Å². The van der Waals surface area contributed by atoms with Crippen LogP contribution in [0.25, 0.3) is 0 Å². The summed E-state index contributed by atoms with van der Waals surface area (Å²) in [5.74, 6) is -0.297. The van der Waals surface area contributed by atoms with Gasteiger partial charge in [-0.05, 0) is 38.5 Å². The second-order valence-electron chi connectivity index (χ2n) is 4.79. The van der Waals surface area contributed by atoms with E-state index in [2.05, 4.69) is 4.98 Å². The molecule has 1 aliphatic rings. The van der Waals surface area contributed by atoms with Crippen LogP contribution in [0.2, 0.25) is 0 Å². The molecule has 4 nitrogen and oxygen atoms in total. The Hall–Kier alpha value is -1.42. The van der Waals surface area contributed by atoms with Crippen LogP contribution in [0.3, 0.4) is 0 Å². The molecule has 0 bridgehead atoms. The zero-order valence-electron chi connectivity index (χ0n) is 9.64. The van der Waals surface area contributed by atoms with Crippen LogP contribution in [-0.4, -0.2) is 22.7 Å². The van der Waals surface area contributed by atoms with E-state index in [1.165, 1.54) is 0 Å². The molecule has 0 N–H and O–H groups in total. The topological polar surface area (TPSA) is 51.7 Å². The van der Waals surface area contributed by atoms with Gasteiger partial charge in [-0.3, -0.25) is 4.98 Å². The molecule has 1 aromatic heterocycles. The number of carbonyl (C=O) groups is 1. The van der Waals surface area contributed by atoms with Crippen molar-refractivity contribution < 1.29 is 14.3 Å². The second-order valence-corrected chi connectivity index (χ2v) is 4.79. The van der Waals surface area contributed by atoms with E-state index < -0.39 is 11.7 Å². The van der Waals surface area contributed by atoms with Gasteiger partial charge in [0.05, 0.1) is 0 Å². The molecule has 0 spiro atoms. The SMILES string of the molecule is CC(C)(C)OC(=O)[C@H]1O[C@@H]1c1ccncc1. The van der Waals surface area contributed by atoms with Gasteiger partial charge in [0.15, 0.2) is 6.10 Å². The molecule has 1 aliphatic heterocycles. The highest BCUT2D eigenvalue weighted by atomic mass is 16.6. The van der Waals surface area contributed by atoms with Crippen molar-refractivity contribution in [2.24, 2.45) is 0 Å². The van der Waals surface area contributed by atoms with Crippen LogP contribution >= 0.6 is 0 Å². The highest BCUT2D eigenvalue weighted by molar-refractivity contribution is 5.78. The minimum atomic E-state index is -0.466. The van der Waals surface area contributed by atoms with Gasteiger partial charge in [0.1, 0.15) is 11.7 Å². The second kappa shape index (κ2) is 3.87. The first kappa shape index (κ1) is 11.1. The maximum absolute atomic E-state index is 11.6. The Balaban J connectivity index is 1.95. The summed E-state index contributed by atoms with van der Waals surface area (Å²) in [6.45, 7) is 5.53. The molecule has 0 radical (unpaired) electrons. The average molecular weight is 221 g/mol. The molecule has 86 valence electrons. The predicted octanol–water partition coefficient (Wildman–Crippen LogP) is 1.86. The van der Waals surface area contributed by atoms with Gasteiger partial charge < -0.3 is 9.47 Å². The number of hydrogen-bond donors (Lipinski definition) is 0. The Kier molecular flexibility index (Phi) is 2.68. The lowest BCUT2D eigenvalue weighted by molar-refractivity contribution is -0.156. The van der Waals surface area contributed by atoms with Crippen LogP contribution in [-0.2, 0) is 14.3 Å². The van der Waals surface area contributed by atoms with Gasteiger partial charge in [-0.25, -0.2) is 4.79 Å². The number of carbonyl (C=O) groups excluding carboxylic acids is 1. The zero-order valence-corrected chi connectivity index (χ0v) is 9.64. The number of ether oxygens (including phenoxy) is 2. The average Bonchev–Trinajstić information content (AvgIpc) is 2.96. The summed E-state index contributed by atoms with van der Waals surface area (Å²) in [5.41, 5.74) is 0.497. The standard InChI is InChI=1S/C12H15NO3/c1-12(2,3)16-11(14)10-9(15-10)8-4-6-13-7-5-8/h4-7,9-10H,1-3H3/t9-,10+/m1/s1. The summed E-state index contributed by atoms with van der Waals surface area (Å²) in [6.07, 6.45) is 2.74. The maximum atomic E-state index is 11.6. The molecule has 1 fully saturated rings. The Morgan fingerprint density at radius 2 is 2.00 bits per heavy atom. The number of hydrogen-bond acceptors (Lipinski definition) is 4. The van der Waals surface area contributed by atoms with Crippen molar-refractivity contribution in [1.29, 1.82) is 0 Å². The molecule has 0 amide bonds. The molecule has 0 saturated carbocycles. The minimum absolute atomic E-state index is 0.169. The molecule has 2 heterocycles. The Bertz CT molecular complexity index is 383. The van der Waals surface area contributed by atoms with Crippen molar-refractivity contribution in [2.45, 2.75) is 38.6 Å².